The van der Waals surface area contributed by atoms with Gasteiger partial charge in [-0.05, 0) is 45.7 Å². The van der Waals surface area contributed by atoms with E-state index in [1.165, 1.54) is 0 Å². The van der Waals surface area contributed by atoms with E-state index in [1.807, 2.05) is 11.8 Å². The van der Waals surface area contributed by atoms with Crippen LogP contribution >= 0.6 is 0 Å². The third-order valence-corrected chi connectivity index (χ3v) is 4.49. The number of nitrogens with one attached hydrogen (secondary N) is 1. The molecule has 21 heavy (non-hydrogen) atoms. The average Bonchev–Trinajstić information content (AvgIpc) is 2.95. The summed E-state index contributed by atoms with van der Waals surface area (Å²) in [6.45, 7) is 11.9. The third-order valence-electron chi connectivity index (χ3n) is 4.49. The second-order valence-corrected chi connectivity index (χ2v) is 6.07. The quantitative estimate of drug-likeness (QED) is 0.717. The number of hydrogen-bond donors (Lipinski definition) is 1. The zero-order valence-corrected chi connectivity index (χ0v) is 14.6. The molecule has 4 nitrogen and oxygen atoms in total. The van der Waals surface area contributed by atoms with Crippen molar-refractivity contribution in [3.63, 3.8) is 0 Å². The van der Waals surface area contributed by atoms with Crippen molar-refractivity contribution in [2.45, 2.75) is 78.0 Å². The predicted molar refractivity (Wildman–Crippen MR) is 88.7 cm³/mol. The second-order valence-electron chi connectivity index (χ2n) is 6.07. The number of aromatic nitrogens is 2. The Morgan fingerprint density at radius 3 is 2.38 bits per heavy atom. The summed E-state index contributed by atoms with van der Waals surface area (Å²) in [4.78, 5) is 0. The lowest BCUT2D eigenvalue weighted by molar-refractivity contribution is -0.0474. The van der Waals surface area contributed by atoms with Gasteiger partial charge in [0.25, 0.3) is 0 Å². The van der Waals surface area contributed by atoms with Crippen LogP contribution in [0.25, 0.3) is 0 Å². The largest absolute Gasteiger partial charge is 0.377 e. The van der Waals surface area contributed by atoms with Gasteiger partial charge >= 0.3 is 0 Å². The van der Waals surface area contributed by atoms with Gasteiger partial charge < -0.3 is 10.1 Å². The van der Waals surface area contributed by atoms with Gasteiger partial charge in [-0.1, -0.05) is 20.8 Å². The first-order chi connectivity index (χ1) is 10.0. The molecule has 1 unspecified atom stereocenters. The Morgan fingerprint density at radius 1 is 1.29 bits per heavy atom. The average molecular weight is 295 g/mol. The van der Waals surface area contributed by atoms with E-state index in [4.69, 9.17) is 9.84 Å². The molecule has 0 saturated heterocycles. The van der Waals surface area contributed by atoms with E-state index >= 15 is 0 Å². The molecular formula is C17H33N3O. The van der Waals surface area contributed by atoms with Crippen LogP contribution in [-0.4, -0.2) is 35.1 Å². The van der Waals surface area contributed by atoms with E-state index in [9.17, 15) is 0 Å². The van der Waals surface area contributed by atoms with Crippen molar-refractivity contribution in [2.24, 2.45) is 0 Å². The highest BCUT2D eigenvalue weighted by Gasteiger charge is 2.35. The number of hydrogen-bond acceptors (Lipinski definition) is 3. The molecule has 1 heterocycles. The molecule has 0 fully saturated rings. The molecule has 4 heteroatoms. The van der Waals surface area contributed by atoms with Crippen LogP contribution in [0.5, 0.6) is 0 Å². The van der Waals surface area contributed by atoms with Crippen LogP contribution in [0.4, 0.5) is 0 Å². The lowest BCUT2D eigenvalue weighted by atomic mass is 9.85. The molecule has 122 valence electrons. The summed E-state index contributed by atoms with van der Waals surface area (Å²) in [6.07, 6.45) is 6.13. The first kappa shape index (κ1) is 18.2. The summed E-state index contributed by atoms with van der Waals surface area (Å²) >= 11 is 0. The van der Waals surface area contributed by atoms with Crippen LogP contribution in [0.2, 0.25) is 0 Å². The fraction of sp³-hybridized carbons (Fsp3) is 0.824. The minimum atomic E-state index is -0.114. The van der Waals surface area contributed by atoms with Crippen molar-refractivity contribution in [1.29, 1.82) is 0 Å². The normalized spacial score (nSPS) is 13.9. The van der Waals surface area contributed by atoms with E-state index in [2.05, 4.69) is 52.2 Å². The number of nitrogens with zero attached hydrogens (tertiary/aromatic N) is 2. The van der Waals surface area contributed by atoms with E-state index in [0.717, 1.165) is 37.9 Å². The molecule has 0 aromatic carbocycles. The summed E-state index contributed by atoms with van der Waals surface area (Å²) < 4.78 is 7.95. The van der Waals surface area contributed by atoms with Gasteiger partial charge in [-0.2, -0.15) is 5.10 Å². The van der Waals surface area contributed by atoms with E-state index in [-0.39, 0.29) is 5.60 Å². The molecule has 0 bridgehead atoms. The van der Waals surface area contributed by atoms with Gasteiger partial charge in [0.05, 0.1) is 11.3 Å². The standard InChI is InChI=1S/C17H33N3O/c1-7-11-18-16(17(8-2,9-3)21-6)13-15-10-12-20(19-15)14(4)5/h10,12,14,16,18H,7-9,11,13H2,1-6H3. The van der Waals surface area contributed by atoms with Gasteiger partial charge in [0.1, 0.15) is 0 Å². The summed E-state index contributed by atoms with van der Waals surface area (Å²) in [7, 11) is 1.83. The molecule has 1 atom stereocenters. The van der Waals surface area contributed by atoms with Crippen molar-refractivity contribution in [3.8, 4) is 0 Å². The number of methoxy groups -OCH3 is 1. The molecule has 1 aromatic rings. The highest BCUT2D eigenvalue weighted by Crippen LogP contribution is 2.26. The van der Waals surface area contributed by atoms with Crippen molar-refractivity contribution < 1.29 is 4.74 Å². The topological polar surface area (TPSA) is 39.1 Å². The Bertz CT molecular complexity index is 388. The maximum Gasteiger partial charge on any atom is 0.0829 e. The first-order valence-electron chi connectivity index (χ1n) is 8.35. The van der Waals surface area contributed by atoms with Gasteiger partial charge in [-0.3, -0.25) is 4.68 Å². The molecule has 0 aliphatic rings. The lowest BCUT2D eigenvalue weighted by Gasteiger charge is -2.39. The van der Waals surface area contributed by atoms with Crippen molar-refractivity contribution >= 4 is 0 Å². The lowest BCUT2D eigenvalue weighted by Crippen LogP contribution is -2.53. The first-order valence-corrected chi connectivity index (χ1v) is 8.35. The van der Waals surface area contributed by atoms with Gasteiger partial charge in [0.2, 0.25) is 0 Å². The van der Waals surface area contributed by atoms with Crippen LogP contribution in [0.15, 0.2) is 12.3 Å². The van der Waals surface area contributed by atoms with Crippen LogP contribution in [0.3, 0.4) is 0 Å². The Morgan fingerprint density at radius 2 is 1.95 bits per heavy atom. The molecule has 1 N–H and O–H groups in total. The second kappa shape index (κ2) is 8.54. The summed E-state index contributed by atoms with van der Waals surface area (Å²) in [5.41, 5.74) is 1.03. The molecular weight excluding hydrogens is 262 g/mol. The molecule has 0 radical (unpaired) electrons. The molecule has 0 aliphatic carbocycles. The number of ether oxygens (including phenoxy) is 1. The van der Waals surface area contributed by atoms with Crippen LogP contribution < -0.4 is 5.32 Å². The van der Waals surface area contributed by atoms with E-state index in [1.54, 1.807) is 0 Å². The van der Waals surface area contributed by atoms with Crippen molar-refractivity contribution in [3.05, 3.63) is 18.0 Å². The van der Waals surface area contributed by atoms with Gasteiger partial charge in [-0.15, -0.1) is 0 Å². The molecule has 0 spiro atoms. The van der Waals surface area contributed by atoms with Gasteiger partial charge in [0.15, 0.2) is 0 Å². The Kier molecular flexibility index (Phi) is 7.40. The SMILES string of the molecule is CCCNC(Cc1ccn(C(C)C)n1)C(CC)(CC)OC. The Labute approximate surface area is 130 Å². The molecule has 1 aromatic heterocycles. The Balaban J connectivity index is 2.90. The van der Waals surface area contributed by atoms with Gasteiger partial charge in [-0.25, -0.2) is 0 Å². The highest BCUT2D eigenvalue weighted by atomic mass is 16.5. The molecule has 0 aliphatic heterocycles. The molecule has 0 amide bonds. The smallest absolute Gasteiger partial charge is 0.0829 e. The monoisotopic (exact) mass is 295 g/mol. The fourth-order valence-electron chi connectivity index (χ4n) is 2.92. The molecule has 1 rings (SSSR count). The zero-order chi connectivity index (χ0) is 15.9. The Hall–Kier alpha value is -0.870. The fourth-order valence-corrected chi connectivity index (χ4v) is 2.92. The number of rotatable bonds is 10. The summed E-state index contributed by atoms with van der Waals surface area (Å²) in [5, 5.41) is 8.37. The van der Waals surface area contributed by atoms with Crippen molar-refractivity contribution in [2.75, 3.05) is 13.7 Å². The highest BCUT2D eigenvalue weighted by molar-refractivity contribution is 5.06. The van der Waals surface area contributed by atoms with Crippen LogP contribution in [0, 0.1) is 0 Å². The summed E-state index contributed by atoms with van der Waals surface area (Å²) in [6, 6.07) is 2.84. The van der Waals surface area contributed by atoms with Gasteiger partial charge in [0, 0.05) is 31.8 Å². The summed E-state index contributed by atoms with van der Waals surface area (Å²) in [5.74, 6) is 0. The third kappa shape index (κ3) is 4.55. The van der Waals surface area contributed by atoms with Crippen LogP contribution in [-0.2, 0) is 11.2 Å². The van der Waals surface area contributed by atoms with E-state index < -0.39 is 0 Å². The predicted octanol–water partition coefficient (Wildman–Crippen LogP) is 3.58. The maximum absolute atomic E-state index is 5.92. The van der Waals surface area contributed by atoms with Crippen molar-refractivity contribution in [1.82, 2.24) is 15.1 Å². The van der Waals surface area contributed by atoms with E-state index in [0.29, 0.717) is 12.1 Å². The minimum absolute atomic E-state index is 0.114. The maximum atomic E-state index is 5.92. The zero-order valence-electron chi connectivity index (χ0n) is 14.6. The van der Waals surface area contributed by atoms with Crippen LogP contribution in [0.1, 0.15) is 65.6 Å². The minimum Gasteiger partial charge on any atom is -0.377 e. The molecule has 0 saturated carbocycles.